The lowest BCUT2D eigenvalue weighted by molar-refractivity contribution is -0.136. The van der Waals surface area contributed by atoms with E-state index in [1.165, 1.54) is 0 Å². The summed E-state index contributed by atoms with van der Waals surface area (Å²) < 4.78 is 5.58. The van der Waals surface area contributed by atoms with Crippen molar-refractivity contribution >= 4 is 11.6 Å². The van der Waals surface area contributed by atoms with Gasteiger partial charge in [0.2, 0.25) is 0 Å². The fraction of sp³-hybridized carbons (Fsp3) is 0.588. The van der Waals surface area contributed by atoms with Crippen LogP contribution in [0.4, 0.5) is 5.69 Å². The highest BCUT2D eigenvalue weighted by atomic mass is 16.5. The van der Waals surface area contributed by atoms with Gasteiger partial charge in [-0.2, -0.15) is 0 Å². The first-order chi connectivity index (χ1) is 9.97. The molecule has 0 heterocycles. The Labute approximate surface area is 128 Å². The van der Waals surface area contributed by atoms with E-state index in [2.05, 4.69) is 27.7 Å². The summed E-state index contributed by atoms with van der Waals surface area (Å²) >= 11 is 0. The summed E-state index contributed by atoms with van der Waals surface area (Å²) in [7, 11) is 0. The van der Waals surface area contributed by atoms with Crippen LogP contribution in [0.2, 0.25) is 0 Å². The number of hydrogen-bond acceptors (Lipinski definition) is 3. The Balaban J connectivity index is 2.65. The van der Waals surface area contributed by atoms with E-state index >= 15 is 0 Å². The maximum absolute atomic E-state index is 12.5. The number of rotatable bonds is 8. The fourth-order valence-corrected chi connectivity index (χ4v) is 2.37. The second-order valence-corrected chi connectivity index (χ2v) is 5.77. The Morgan fingerprint density at radius 1 is 1.19 bits per heavy atom. The zero-order valence-electron chi connectivity index (χ0n) is 13.6. The van der Waals surface area contributed by atoms with Gasteiger partial charge in [-0.25, -0.2) is 0 Å². The molecule has 0 aliphatic heterocycles. The molecule has 0 bridgehead atoms. The van der Waals surface area contributed by atoms with Crippen molar-refractivity contribution in [2.45, 2.75) is 46.6 Å². The number of nitrogens with zero attached hydrogens (tertiary/aromatic N) is 1. The van der Waals surface area contributed by atoms with Gasteiger partial charge in [0.05, 0.1) is 0 Å². The molecule has 1 aromatic rings. The van der Waals surface area contributed by atoms with Crippen LogP contribution in [0.5, 0.6) is 5.75 Å². The Bertz CT molecular complexity index is 425. The van der Waals surface area contributed by atoms with Gasteiger partial charge in [0.15, 0.2) is 6.61 Å². The van der Waals surface area contributed by atoms with Crippen molar-refractivity contribution in [2.24, 2.45) is 5.92 Å². The average Bonchev–Trinajstić information content (AvgIpc) is 2.46. The molecule has 118 valence electrons. The predicted molar refractivity (Wildman–Crippen MR) is 87.3 cm³/mol. The van der Waals surface area contributed by atoms with Crippen LogP contribution in [0.3, 0.4) is 0 Å². The molecule has 0 aliphatic carbocycles. The van der Waals surface area contributed by atoms with Crippen molar-refractivity contribution in [3.05, 3.63) is 24.3 Å². The highest BCUT2D eigenvalue weighted by Gasteiger charge is 2.22. The van der Waals surface area contributed by atoms with Gasteiger partial charge in [-0.15, -0.1) is 0 Å². The minimum Gasteiger partial charge on any atom is -0.484 e. The van der Waals surface area contributed by atoms with Crippen LogP contribution < -0.4 is 10.5 Å². The Morgan fingerprint density at radius 2 is 1.76 bits per heavy atom. The molecule has 0 aliphatic rings. The average molecular weight is 292 g/mol. The van der Waals surface area contributed by atoms with Crippen molar-refractivity contribution in [3.63, 3.8) is 0 Å². The first-order valence-corrected chi connectivity index (χ1v) is 7.75. The molecule has 0 spiro atoms. The minimum atomic E-state index is 0.0502. The smallest absolute Gasteiger partial charge is 0.260 e. The summed E-state index contributed by atoms with van der Waals surface area (Å²) in [5, 5.41) is 0. The van der Waals surface area contributed by atoms with Crippen LogP contribution in [-0.4, -0.2) is 30.0 Å². The van der Waals surface area contributed by atoms with Gasteiger partial charge in [-0.3, -0.25) is 4.79 Å². The van der Waals surface area contributed by atoms with Crippen molar-refractivity contribution < 1.29 is 9.53 Å². The van der Waals surface area contributed by atoms with Crippen LogP contribution in [0.15, 0.2) is 24.3 Å². The van der Waals surface area contributed by atoms with E-state index in [-0.39, 0.29) is 18.6 Å². The monoisotopic (exact) mass is 292 g/mol. The van der Waals surface area contributed by atoms with E-state index in [0.29, 0.717) is 17.4 Å². The molecule has 0 saturated carbocycles. The predicted octanol–water partition coefficient (Wildman–Crippen LogP) is 3.32. The van der Waals surface area contributed by atoms with Crippen molar-refractivity contribution in [3.8, 4) is 5.75 Å². The largest absolute Gasteiger partial charge is 0.484 e. The molecule has 1 aromatic carbocycles. The lowest BCUT2D eigenvalue weighted by Gasteiger charge is -2.32. The van der Waals surface area contributed by atoms with Gasteiger partial charge >= 0.3 is 0 Å². The van der Waals surface area contributed by atoms with Gasteiger partial charge < -0.3 is 15.4 Å². The summed E-state index contributed by atoms with van der Waals surface area (Å²) in [4.78, 5) is 14.4. The second-order valence-electron chi connectivity index (χ2n) is 5.77. The summed E-state index contributed by atoms with van der Waals surface area (Å²) in [6.07, 6.45) is 1.94. The van der Waals surface area contributed by atoms with Crippen molar-refractivity contribution in [1.29, 1.82) is 0 Å². The topological polar surface area (TPSA) is 55.6 Å². The van der Waals surface area contributed by atoms with Crippen LogP contribution in [0.25, 0.3) is 0 Å². The highest BCUT2D eigenvalue weighted by Crippen LogP contribution is 2.15. The SMILES string of the molecule is CCC(CC)N(CC(C)C)C(=O)COc1ccc(N)cc1. The van der Waals surface area contributed by atoms with Gasteiger partial charge in [0, 0.05) is 18.3 Å². The minimum absolute atomic E-state index is 0.0502. The number of hydrogen-bond donors (Lipinski definition) is 1. The molecule has 4 heteroatoms. The van der Waals surface area contributed by atoms with Gasteiger partial charge in [-0.1, -0.05) is 27.7 Å². The normalized spacial score (nSPS) is 11.0. The van der Waals surface area contributed by atoms with Crippen LogP contribution >= 0.6 is 0 Å². The number of anilines is 1. The zero-order valence-corrected chi connectivity index (χ0v) is 13.6. The van der Waals surface area contributed by atoms with E-state index in [1.807, 2.05) is 4.90 Å². The Hall–Kier alpha value is -1.71. The lowest BCUT2D eigenvalue weighted by Crippen LogP contribution is -2.44. The Morgan fingerprint density at radius 3 is 2.24 bits per heavy atom. The quantitative estimate of drug-likeness (QED) is 0.748. The molecular weight excluding hydrogens is 264 g/mol. The number of carbonyl (C=O) groups is 1. The van der Waals surface area contributed by atoms with Gasteiger partial charge in [-0.05, 0) is 43.0 Å². The molecule has 1 amide bonds. The third-order valence-corrected chi connectivity index (χ3v) is 3.51. The maximum atomic E-state index is 12.5. The van der Waals surface area contributed by atoms with Crippen LogP contribution in [-0.2, 0) is 4.79 Å². The fourth-order valence-electron chi connectivity index (χ4n) is 2.37. The van der Waals surface area contributed by atoms with E-state index in [4.69, 9.17) is 10.5 Å². The number of ether oxygens (including phenoxy) is 1. The van der Waals surface area contributed by atoms with E-state index in [9.17, 15) is 4.79 Å². The summed E-state index contributed by atoms with van der Waals surface area (Å²) in [6.45, 7) is 9.35. The Kier molecular flexibility index (Phi) is 7.06. The second kappa shape index (κ2) is 8.55. The van der Waals surface area contributed by atoms with Gasteiger partial charge in [0.25, 0.3) is 5.91 Å². The van der Waals surface area contributed by atoms with Crippen LogP contribution in [0, 0.1) is 5.92 Å². The third kappa shape index (κ3) is 5.66. The van der Waals surface area contributed by atoms with E-state index in [0.717, 1.165) is 19.4 Å². The lowest BCUT2D eigenvalue weighted by atomic mass is 10.1. The molecule has 1 rings (SSSR count). The molecule has 0 unspecified atom stereocenters. The highest BCUT2D eigenvalue weighted by molar-refractivity contribution is 5.78. The van der Waals surface area contributed by atoms with Crippen molar-refractivity contribution in [2.75, 3.05) is 18.9 Å². The summed E-state index contributed by atoms with van der Waals surface area (Å²) in [5.74, 6) is 1.17. The van der Waals surface area contributed by atoms with Crippen LogP contribution in [0.1, 0.15) is 40.5 Å². The van der Waals surface area contributed by atoms with Crippen molar-refractivity contribution in [1.82, 2.24) is 4.90 Å². The number of amides is 1. The molecule has 0 radical (unpaired) electrons. The van der Waals surface area contributed by atoms with E-state index < -0.39 is 0 Å². The first-order valence-electron chi connectivity index (χ1n) is 7.75. The molecule has 2 N–H and O–H groups in total. The molecule has 0 saturated heterocycles. The number of carbonyl (C=O) groups excluding carboxylic acids is 1. The molecule has 21 heavy (non-hydrogen) atoms. The number of benzene rings is 1. The molecule has 0 atom stereocenters. The maximum Gasteiger partial charge on any atom is 0.260 e. The van der Waals surface area contributed by atoms with E-state index in [1.54, 1.807) is 24.3 Å². The third-order valence-electron chi connectivity index (χ3n) is 3.51. The standard InChI is InChI=1S/C17H28N2O2/c1-5-15(6-2)19(11-13(3)4)17(20)12-21-16-9-7-14(18)8-10-16/h7-10,13,15H,5-6,11-12,18H2,1-4H3. The van der Waals surface area contributed by atoms with Gasteiger partial charge in [0.1, 0.15) is 5.75 Å². The molecule has 0 fully saturated rings. The number of nitrogen functional groups attached to an aromatic ring is 1. The molecule has 4 nitrogen and oxygen atoms in total. The summed E-state index contributed by atoms with van der Waals surface area (Å²) in [6, 6.07) is 7.40. The zero-order chi connectivity index (χ0) is 15.8. The summed E-state index contributed by atoms with van der Waals surface area (Å²) in [5.41, 5.74) is 6.32. The molecular formula is C17H28N2O2. The molecule has 0 aromatic heterocycles. The number of nitrogens with two attached hydrogens (primary N) is 1. The first kappa shape index (κ1) is 17.3.